The third-order valence-electron chi connectivity index (χ3n) is 2.81. The Morgan fingerprint density at radius 1 is 1.00 bits per heavy atom. The first kappa shape index (κ1) is 11.7. The highest BCUT2D eigenvalue weighted by Gasteiger charge is 2.30. The van der Waals surface area contributed by atoms with Crippen molar-refractivity contribution in [3.63, 3.8) is 0 Å². The van der Waals surface area contributed by atoms with Crippen molar-refractivity contribution in [3.8, 4) is 11.1 Å². The van der Waals surface area contributed by atoms with Gasteiger partial charge in [-0.05, 0) is 35.4 Å². The number of hydrogen-bond acceptors (Lipinski definition) is 2. The fraction of sp³-hybridized carbons (Fsp3) is 0.0769. The molecule has 6 heteroatoms. The zero-order valence-corrected chi connectivity index (χ0v) is 9.59. The van der Waals surface area contributed by atoms with Crippen LogP contribution in [0, 0.1) is 0 Å². The molecule has 0 aliphatic rings. The normalized spacial score (nSPS) is 11.9. The molecule has 0 aliphatic heterocycles. The van der Waals surface area contributed by atoms with E-state index in [0.29, 0.717) is 16.8 Å². The molecule has 3 nitrogen and oxygen atoms in total. The molecule has 3 aromatic rings. The van der Waals surface area contributed by atoms with Gasteiger partial charge in [0.15, 0.2) is 5.65 Å². The maximum absolute atomic E-state index is 12.7. The Morgan fingerprint density at radius 3 is 2.63 bits per heavy atom. The van der Waals surface area contributed by atoms with Crippen molar-refractivity contribution in [2.45, 2.75) is 6.18 Å². The Bertz CT molecular complexity index is 731. The van der Waals surface area contributed by atoms with Crippen LogP contribution in [0.25, 0.3) is 16.8 Å². The minimum atomic E-state index is -4.34. The van der Waals surface area contributed by atoms with Gasteiger partial charge in [0.05, 0.1) is 5.56 Å². The second-order valence-electron chi connectivity index (χ2n) is 4.09. The number of aromatic nitrogens is 3. The van der Waals surface area contributed by atoms with Gasteiger partial charge in [-0.15, -0.1) is 10.2 Å². The molecule has 0 N–H and O–H groups in total. The van der Waals surface area contributed by atoms with Gasteiger partial charge in [0, 0.05) is 6.20 Å². The van der Waals surface area contributed by atoms with Crippen LogP contribution in [0.15, 0.2) is 48.9 Å². The summed E-state index contributed by atoms with van der Waals surface area (Å²) >= 11 is 0. The summed E-state index contributed by atoms with van der Waals surface area (Å²) in [6, 6.07) is 8.66. The molecule has 0 bridgehead atoms. The lowest BCUT2D eigenvalue weighted by molar-refractivity contribution is -0.137. The molecule has 3 rings (SSSR count). The predicted octanol–water partition coefficient (Wildman–Crippen LogP) is 3.42. The Kier molecular flexibility index (Phi) is 2.51. The van der Waals surface area contributed by atoms with E-state index in [-0.39, 0.29) is 0 Å². The number of alkyl halides is 3. The molecule has 0 radical (unpaired) electrons. The van der Waals surface area contributed by atoms with Gasteiger partial charge < -0.3 is 0 Å². The van der Waals surface area contributed by atoms with Crippen molar-refractivity contribution < 1.29 is 13.2 Å². The summed E-state index contributed by atoms with van der Waals surface area (Å²) in [7, 11) is 0. The van der Waals surface area contributed by atoms with Crippen molar-refractivity contribution in [1.29, 1.82) is 0 Å². The second-order valence-corrected chi connectivity index (χ2v) is 4.09. The highest BCUT2D eigenvalue weighted by Crippen LogP contribution is 2.32. The van der Waals surface area contributed by atoms with Crippen molar-refractivity contribution in [1.82, 2.24) is 14.6 Å². The Hall–Kier alpha value is -2.37. The lowest BCUT2D eigenvalue weighted by Gasteiger charge is -2.09. The number of halogens is 3. The fourth-order valence-corrected chi connectivity index (χ4v) is 1.87. The Morgan fingerprint density at radius 2 is 1.84 bits per heavy atom. The molecule has 19 heavy (non-hydrogen) atoms. The van der Waals surface area contributed by atoms with Crippen LogP contribution >= 0.6 is 0 Å². The largest absolute Gasteiger partial charge is 0.416 e. The molecular formula is C13H8F3N3. The molecule has 96 valence electrons. The first-order chi connectivity index (χ1) is 9.04. The van der Waals surface area contributed by atoms with Gasteiger partial charge in [0.1, 0.15) is 6.33 Å². The molecule has 0 fully saturated rings. The van der Waals surface area contributed by atoms with Gasteiger partial charge in [-0.2, -0.15) is 13.2 Å². The number of fused-ring (bicyclic) bond motifs is 1. The van der Waals surface area contributed by atoms with E-state index in [0.717, 1.165) is 12.1 Å². The quantitative estimate of drug-likeness (QED) is 0.673. The summed E-state index contributed by atoms with van der Waals surface area (Å²) in [4.78, 5) is 0. The van der Waals surface area contributed by atoms with Gasteiger partial charge in [0.25, 0.3) is 0 Å². The van der Waals surface area contributed by atoms with Crippen molar-refractivity contribution in [2.75, 3.05) is 0 Å². The molecular weight excluding hydrogens is 255 g/mol. The molecule has 0 saturated heterocycles. The van der Waals surface area contributed by atoms with Crippen LogP contribution in [-0.4, -0.2) is 14.6 Å². The molecule has 1 aromatic carbocycles. The SMILES string of the molecule is FC(F)(F)c1cccc(-c2ccc3nncn3c2)c1. The molecule has 0 atom stereocenters. The molecule has 0 saturated carbocycles. The molecule has 2 heterocycles. The second kappa shape index (κ2) is 4.08. The summed E-state index contributed by atoms with van der Waals surface area (Å²) in [5.41, 5.74) is 1.17. The van der Waals surface area contributed by atoms with Crippen molar-refractivity contribution in [2.24, 2.45) is 0 Å². The van der Waals surface area contributed by atoms with E-state index >= 15 is 0 Å². The molecule has 2 aromatic heterocycles. The van der Waals surface area contributed by atoms with Gasteiger partial charge in [-0.25, -0.2) is 0 Å². The summed E-state index contributed by atoms with van der Waals surface area (Å²) in [6.45, 7) is 0. The van der Waals surface area contributed by atoms with E-state index in [9.17, 15) is 13.2 Å². The number of pyridine rings is 1. The molecule has 0 aliphatic carbocycles. The number of nitrogens with zero attached hydrogens (tertiary/aromatic N) is 3. The Labute approximate surface area is 106 Å². The zero-order chi connectivity index (χ0) is 13.5. The highest BCUT2D eigenvalue weighted by molar-refractivity contribution is 5.65. The summed E-state index contributed by atoms with van der Waals surface area (Å²) in [5, 5.41) is 7.57. The van der Waals surface area contributed by atoms with E-state index in [1.165, 1.54) is 12.4 Å². The van der Waals surface area contributed by atoms with E-state index in [1.54, 1.807) is 28.8 Å². The van der Waals surface area contributed by atoms with Crippen molar-refractivity contribution >= 4 is 5.65 Å². The van der Waals surface area contributed by atoms with E-state index < -0.39 is 11.7 Å². The number of hydrogen-bond donors (Lipinski definition) is 0. The lowest BCUT2D eigenvalue weighted by atomic mass is 10.0. The molecule has 0 amide bonds. The highest BCUT2D eigenvalue weighted by atomic mass is 19.4. The number of rotatable bonds is 1. The average Bonchev–Trinajstić information content (AvgIpc) is 2.85. The summed E-state index contributed by atoms with van der Waals surface area (Å²) in [5.74, 6) is 0. The smallest absolute Gasteiger partial charge is 0.288 e. The Balaban J connectivity index is 2.10. The van der Waals surface area contributed by atoms with E-state index in [1.807, 2.05) is 0 Å². The van der Waals surface area contributed by atoms with Crippen LogP contribution in [-0.2, 0) is 6.18 Å². The number of benzene rings is 1. The van der Waals surface area contributed by atoms with E-state index in [2.05, 4.69) is 10.2 Å². The zero-order valence-electron chi connectivity index (χ0n) is 9.59. The van der Waals surface area contributed by atoms with Gasteiger partial charge in [0.2, 0.25) is 0 Å². The third kappa shape index (κ3) is 2.16. The van der Waals surface area contributed by atoms with Gasteiger partial charge >= 0.3 is 6.18 Å². The van der Waals surface area contributed by atoms with Gasteiger partial charge in [-0.1, -0.05) is 12.1 Å². The standard InChI is InChI=1S/C13H8F3N3/c14-13(15,16)11-3-1-2-9(6-11)10-4-5-12-18-17-8-19(12)7-10/h1-8H. The minimum absolute atomic E-state index is 0.505. The molecule has 0 unspecified atom stereocenters. The van der Waals surface area contributed by atoms with Crippen LogP contribution in [0.2, 0.25) is 0 Å². The first-order valence-corrected chi connectivity index (χ1v) is 5.51. The monoisotopic (exact) mass is 263 g/mol. The van der Waals surface area contributed by atoms with Crippen molar-refractivity contribution in [3.05, 3.63) is 54.5 Å². The first-order valence-electron chi connectivity index (χ1n) is 5.51. The van der Waals surface area contributed by atoms with Crippen LogP contribution in [0.4, 0.5) is 13.2 Å². The summed E-state index contributed by atoms with van der Waals surface area (Å²) < 4.78 is 39.6. The van der Waals surface area contributed by atoms with Crippen LogP contribution in [0.5, 0.6) is 0 Å². The summed E-state index contributed by atoms with van der Waals surface area (Å²) in [6.07, 6.45) is -1.13. The topological polar surface area (TPSA) is 30.2 Å². The predicted molar refractivity (Wildman–Crippen MR) is 63.4 cm³/mol. The van der Waals surface area contributed by atoms with Crippen LogP contribution < -0.4 is 0 Å². The van der Waals surface area contributed by atoms with E-state index in [4.69, 9.17) is 0 Å². The average molecular weight is 263 g/mol. The van der Waals surface area contributed by atoms with Gasteiger partial charge in [-0.3, -0.25) is 4.40 Å². The van der Waals surface area contributed by atoms with Crippen LogP contribution in [0.1, 0.15) is 5.56 Å². The lowest BCUT2D eigenvalue weighted by Crippen LogP contribution is -2.04. The fourth-order valence-electron chi connectivity index (χ4n) is 1.87. The maximum atomic E-state index is 12.7. The third-order valence-corrected chi connectivity index (χ3v) is 2.81. The maximum Gasteiger partial charge on any atom is 0.416 e. The minimum Gasteiger partial charge on any atom is -0.288 e. The van der Waals surface area contributed by atoms with Crippen LogP contribution in [0.3, 0.4) is 0 Å². The molecule has 0 spiro atoms.